The predicted molar refractivity (Wildman–Crippen MR) is 80.7 cm³/mol. The monoisotopic (exact) mass is 254 g/mol. The molecule has 1 aliphatic rings. The zero-order chi connectivity index (χ0) is 14.0. The van der Waals surface area contributed by atoms with Gasteiger partial charge in [-0.1, -0.05) is 34.1 Å². The smallest absolute Gasteiger partial charge is 0.0125 e. The molecular weight excluding hydrogens is 220 g/mol. The van der Waals surface area contributed by atoms with Gasteiger partial charge in [-0.3, -0.25) is 0 Å². The Kier molecular flexibility index (Phi) is 4.88. The summed E-state index contributed by atoms with van der Waals surface area (Å²) >= 11 is 0. The van der Waals surface area contributed by atoms with E-state index in [9.17, 15) is 0 Å². The van der Waals surface area contributed by atoms with E-state index in [1.807, 2.05) is 0 Å². The fraction of sp³-hybridized carbons (Fsp3) is 1.00. The van der Waals surface area contributed by atoms with Crippen molar-refractivity contribution in [3.63, 3.8) is 0 Å². The highest BCUT2D eigenvalue weighted by Gasteiger charge is 2.40. The third-order valence-electron chi connectivity index (χ3n) is 4.34. The molecule has 0 saturated heterocycles. The average Bonchev–Trinajstić information content (AvgIpc) is 2.11. The molecule has 0 spiro atoms. The molecule has 2 atom stereocenters. The van der Waals surface area contributed by atoms with Gasteiger partial charge in [-0.2, -0.15) is 0 Å². The molecule has 1 fully saturated rings. The lowest BCUT2D eigenvalue weighted by Crippen LogP contribution is -2.50. The highest BCUT2D eigenvalue weighted by atomic mass is 15.0. The summed E-state index contributed by atoms with van der Waals surface area (Å²) in [6.45, 7) is 15.1. The van der Waals surface area contributed by atoms with Crippen LogP contribution in [0.15, 0.2) is 0 Å². The Morgan fingerprint density at radius 3 is 2.33 bits per heavy atom. The van der Waals surface area contributed by atoms with Crippen LogP contribution < -0.4 is 11.1 Å². The molecule has 1 aliphatic carbocycles. The molecular formula is C16H34N2. The van der Waals surface area contributed by atoms with E-state index in [4.69, 9.17) is 5.73 Å². The molecule has 1 rings (SSSR count). The second kappa shape index (κ2) is 5.50. The molecule has 0 aromatic carbocycles. The van der Waals surface area contributed by atoms with Gasteiger partial charge in [0.05, 0.1) is 0 Å². The number of hydrogen-bond donors (Lipinski definition) is 2. The van der Waals surface area contributed by atoms with Crippen molar-refractivity contribution in [1.82, 2.24) is 5.32 Å². The van der Waals surface area contributed by atoms with Crippen LogP contribution in [0.4, 0.5) is 0 Å². The van der Waals surface area contributed by atoms with Gasteiger partial charge in [0.15, 0.2) is 0 Å². The normalized spacial score (nSPS) is 32.5. The lowest BCUT2D eigenvalue weighted by molar-refractivity contribution is 0.0752. The van der Waals surface area contributed by atoms with Gasteiger partial charge in [0, 0.05) is 18.1 Å². The molecule has 3 N–H and O–H groups in total. The third-order valence-corrected chi connectivity index (χ3v) is 4.34. The van der Waals surface area contributed by atoms with Crippen molar-refractivity contribution in [2.24, 2.45) is 16.6 Å². The first-order valence-corrected chi connectivity index (χ1v) is 7.58. The second-order valence-electron chi connectivity index (χ2n) is 8.31. The van der Waals surface area contributed by atoms with Crippen LogP contribution in [0.1, 0.15) is 73.6 Å². The summed E-state index contributed by atoms with van der Waals surface area (Å²) in [5, 5.41) is 3.77. The van der Waals surface area contributed by atoms with Crippen LogP contribution in [0.2, 0.25) is 0 Å². The van der Waals surface area contributed by atoms with E-state index in [1.54, 1.807) is 0 Å². The maximum Gasteiger partial charge on any atom is 0.0125 e. The highest BCUT2D eigenvalue weighted by molar-refractivity contribution is 4.95. The van der Waals surface area contributed by atoms with Gasteiger partial charge in [0.25, 0.3) is 0 Å². The lowest BCUT2D eigenvalue weighted by atomic mass is 9.62. The van der Waals surface area contributed by atoms with Crippen LogP contribution in [0, 0.1) is 10.8 Å². The van der Waals surface area contributed by atoms with Crippen molar-refractivity contribution in [3.8, 4) is 0 Å². The molecule has 2 nitrogen and oxygen atoms in total. The van der Waals surface area contributed by atoms with Crippen molar-refractivity contribution in [3.05, 3.63) is 0 Å². The van der Waals surface area contributed by atoms with Crippen molar-refractivity contribution < 1.29 is 0 Å². The molecule has 2 unspecified atom stereocenters. The largest absolute Gasteiger partial charge is 0.328 e. The van der Waals surface area contributed by atoms with Crippen molar-refractivity contribution >= 4 is 0 Å². The molecule has 0 amide bonds. The average molecular weight is 254 g/mol. The Morgan fingerprint density at radius 2 is 1.83 bits per heavy atom. The topological polar surface area (TPSA) is 38.0 Å². The summed E-state index contributed by atoms with van der Waals surface area (Å²) in [6, 6.07) is 0.370. The number of nitrogens with one attached hydrogen (secondary N) is 1. The number of rotatable bonds is 5. The SMILES string of the molecule is CCCC(C)(C)NCC1(C)CC(N)CC(C)(C)C1. The fourth-order valence-electron chi connectivity index (χ4n) is 4.02. The van der Waals surface area contributed by atoms with E-state index in [0.29, 0.717) is 16.9 Å². The Morgan fingerprint density at radius 1 is 1.22 bits per heavy atom. The second-order valence-corrected chi connectivity index (χ2v) is 8.31. The van der Waals surface area contributed by atoms with Crippen molar-refractivity contribution in [2.45, 2.75) is 85.2 Å². The summed E-state index contributed by atoms with van der Waals surface area (Å²) in [5.74, 6) is 0. The predicted octanol–water partition coefficient (Wildman–Crippen LogP) is 3.70. The van der Waals surface area contributed by atoms with E-state index < -0.39 is 0 Å². The lowest BCUT2D eigenvalue weighted by Gasteiger charge is -2.47. The van der Waals surface area contributed by atoms with E-state index >= 15 is 0 Å². The molecule has 0 heterocycles. The van der Waals surface area contributed by atoms with Gasteiger partial charge in [-0.25, -0.2) is 0 Å². The first kappa shape index (κ1) is 16.0. The zero-order valence-corrected chi connectivity index (χ0v) is 13.4. The minimum Gasteiger partial charge on any atom is -0.328 e. The molecule has 1 saturated carbocycles. The van der Waals surface area contributed by atoms with Gasteiger partial charge in [0.1, 0.15) is 0 Å². The summed E-state index contributed by atoms with van der Waals surface area (Å²) < 4.78 is 0. The maximum atomic E-state index is 6.26. The van der Waals surface area contributed by atoms with Crippen LogP contribution >= 0.6 is 0 Å². The third kappa shape index (κ3) is 4.89. The minimum absolute atomic E-state index is 0.253. The van der Waals surface area contributed by atoms with Gasteiger partial charge in [-0.05, 0) is 50.4 Å². The summed E-state index contributed by atoms with van der Waals surface area (Å²) in [7, 11) is 0. The van der Waals surface area contributed by atoms with E-state index in [1.165, 1.54) is 25.7 Å². The van der Waals surface area contributed by atoms with Crippen LogP contribution in [-0.2, 0) is 0 Å². The molecule has 108 valence electrons. The van der Waals surface area contributed by atoms with Crippen molar-refractivity contribution in [1.29, 1.82) is 0 Å². The molecule has 2 heteroatoms. The minimum atomic E-state index is 0.253. The molecule has 0 bridgehead atoms. The molecule has 0 aliphatic heterocycles. The Bertz CT molecular complexity index is 270. The summed E-state index contributed by atoms with van der Waals surface area (Å²) in [6.07, 6.45) is 6.08. The van der Waals surface area contributed by atoms with E-state index in [-0.39, 0.29) is 5.54 Å². The van der Waals surface area contributed by atoms with Crippen LogP contribution in [0.3, 0.4) is 0 Å². The molecule has 0 aromatic rings. The Labute approximate surface area is 114 Å². The zero-order valence-electron chi connectivity index (χ0n) is 13.4. The Balaban J connectivity index is 2.59. The van der Waals surface area contributed by atoms with Crippen molar-refractivity contribution in [2.75, 3.05) is 6.54 Å². The van der Waals surface area contributed by atoms with E-state index in [0.717, 1.165) is 13.0 Å². The molecule has 0 radical (unpaired) electrons. The Hall–Kier alpha value is -0.0800. The van der Waals surface area contributed by atoms with Crippen LogP contribution in [0.25, 0.3) is 0 Å². The van der Waals surface area contributed by atoms with Gasteiger partial charge >= 0.3 is 0 Å². The quantitative estimate of drug-likeness (QED) is 0.785. The maximum absolute atomic E-state index is 6.26. The molecule has 0 aromatic heterocycles. The highest BCUT2D eigenvalue weighted by Crippen LogP contribution is 2.45. The first-order valence-electron chi connectivity index (χ1n) is 7.58. The number of nitrogens with two attached hydrogens (primary N) is 1. The molecule has 18 heavy (non-hydrogen) atoms. The van der Waals surface area contributed by atoms with Crippen LogP contribution in [0.5, 0.6) is 0 Å². The summed E-state index contributed by atoms with van der Waals surface area (Å²) in [5.41, 5.74) is 7.25. The van der Waals surface area contributed by atoms with Gasteiger partial charge in [0.2, 0.25) is 0 Å². The standard InChI is InChI=1S/C16H34N2/c1-7-8-15(4,5)18-12-16(6)10-13(17)9-14(2,3)11-16/h13,18H,7-12,17H2,1-6H3. The van der Waals surface area contributed by atoms with Crippen LogP contribution in [-0.4, -0.2) is 18.1 Å². The van der Waals surface area contributed by atoms with Gasteiger partial charge < -0.3 is 11.1 Å². The first-order chi connectivity index (χ1) is 8.08. The summed E-state index contributed by atoms with van der Waals surface area (Å²) in [4.78, 5) is 0. The van der Waals surface area contributed by atoms with Gasteiger partial charge in [-0.15, -0.1) is 0 Å². The number of hydrogen-bond acceptors (Lipinski definition) is 2. The fourth-order valence-corrected chi connectivity index (χ4v) is 4.02. The van der Waals surface area contributed by atoms with E-state index in [2.05, 4.69) is 46.9 Å².